The quantitative estimate of drug-likeness (QED) is 0.667. The third kappa shape index (κ3) is 5.58. The topological polar surface area (TPSA) is 21.7 Å². The van der Waals surface area contributed by atoms with Gasteiger partial charge in [-0.25, -0.2) is 4.39 Å². The average molecular weight is 255 g/mol. The lowest BCUT2D eigenvalue weighted by Gasteiger charge is -2.23. The summed E-state index contributed by atoms with van der Waals surface area (Å²) in [6, 6.07) is 6.54. The summed E-state index contributed by atoms with van der Waals surface area (Å²) in [6.45, 7) is 6.61. The number of hydrogen-bond donors (Lipinski definition) is 0. The monoisotopic (exact) mass is 255 g/mol. The minimum atomic E-state index is -0.206. The second-order valence-corrected chi connectivity index (χ2v) is 4.16. The van der Waals surface area contributed by atoms with E-state index >= 15 is 0 Å². The summed E-state index contributed by atoms with van der Waals surface area (Å²) in [7, 11) is 1.99. The molecule has 102 valence electrons. The van der Waals surface area contributed by atoms with Crippen LogP contribution in [0.4, 0.5) is 4.39 Å². The van der Waals surface area contributed by atoms with Crippen LogP contribution >= 0.6 is 0 Å². The molecule has 0 aliphatic rings. The largest absolute Gasteiger partial charge is 0.352 e. The molecule has 1 rings (SSSR count). The number of halogens is 1. The van der Waals surface area contributed by atoms with E-state index in [2.05, 4.69) is 4.90 Å². The van der Waals surface area contributed by atoms with Crippen molar-refractivity contribution in [3.63, 3.8) is 0 Å². The van der Waals surface area contributed by atoms with Crippen LogP contribution in [0, 0.1) is 5.82 Å². The Labute approximate surface area is 109 Å². The maximum absolute atomic E-state index is 12.8. The highest BCUT2D eigenvalue weighted by Crippen LogP contribution is 2.07. The molecule has 0 saturated heterocycles. The predicted molar refractivity (Wildman–Crippen MR) is 69.8 cm³/mol. The molecule has 1 aromatic rings. The molecule has 0 N–H and O–H groups in total. The van der Waals surface area contributed by atoms with E-state index in [4.69, 9.17) is 9.47 Å². The lowest BCUT2D eigenvalue weighted by molar-refractivity contribution is -0.145. The van der Waals surface area contributed by atoms with Crippen LogP contribution in [-0.2, 0) is 16.0 Å². The number of likely N-dealkylation sites (N-methyl/N-ethyl adjacent to an activating group) is 1. The minimum Gasteiger partial charge on any atom is -0.352 e. The zero-order chi connectivity index (χ0) is 13.4. The summed E-state index contributed by atoms with van der Waals surface area (Å²) in [5.74, 6) is -0.206. The number of rotatable bonds is 8. The van der Waals surface area contributed by atoms with E-state index in [0.29, 0.717) is 19.8 Å². The highest BCUT2D eigenvalue weighted by molar-refractivity contribution is 5.15. The Bertz CT molecular complexity index is 323. The normalized spacial score (nSPS) is 11.4. The first-order chi connectivity index (χ1) is 8.65. The summed E-state index contributed by atoms with van der Waals surface area (Å²) in [6.07, 6.45) is -0.203. The molecule has 0 aliphatic heterocycles. The van der Waals surface area contributed by atoms with E-state index in [0.717, 1.165) is 12.1 Å². The summed E-state index contributed by atoms with van der Waals surface area (Å²) >= 11 is 0. The van der Waals surface area contributed by atoms with E-state index < -0.39 is 0 Å². The second-order valence-electron chi connectivity index (χ2n) is 4.16. The molecule has 0 aromatic heterocycles. The van der Waals surface area contributed by atoms with Crippen LogP contribution in [0.1, 0.15) is 19.4 Å². The first-order valence-corrected chi connectivity index (χ1v) is 6.31. The fraction of sp³-hybridized carbons (Fsp3) is 0.571. The van der Waals surface area contributed by atoms with Crippen LogP contribution in [0.5, 0.6) is 0 Å². The zero-order valence-electron chi connectivity index (χ0n) is 11.4. The highest BCUT2D eigenvalue weighted by atomic mass is 19.1. The summed E-state index contributed by atoms with van der Waals surface area (Å²) in [5.41, 5.74) is 1.07. The lowest BCUT2D eigenvalue weighted by atomic mass is 10.2. The van der Waals surface area contributed by atoms with Gasteiger partial charge in [-0.3, -0.25) is 4.90 Å². The van der Waals surface area contributed by atoms with E-state index in [1.807, 2.05) is 20.9 Å². The molecule has 0 amide bonds. The van der Waals surface area contributed by atoms with E-state index in [1.54, 1.807) is 12.1 Å². The van der Waals surface area contributed by atoms with Gasteiger partial charge in [0.25, 0.3) is 0 Å². The molecule has 0 radical (unpaired) electrons. The van der Waals surface area contributed by atoms with Crippen molar-refractivity contribution in [2.45, 2.75) is 26.7 Å². The van der Waals surface area contributed by atoms with Gasteiger partial charge in [0.1, 0.15) is 5.82 Å². The standard InChI is InChI=1S/C14H22FNO2/c1-4-17-14(18-5-2)11-16(3)10-12-6-8-13(15)9-7-12/h6-9,14H,4-5,10-11H2,1-3H3. The second kappa shape index (κ2) is 8.19. The molecule has 0 heterocycles. The Hall–Kier alpha value is -0.970. The highest BCUT2D eigenvalue weighted by Gasteiger charge is 2.11. The summed E-state index contributed by atoms with van der Waals surface area (Å²) < 4.78 is 23.8. The molecule has 18 heavy (non-hydrogen) atoms. The van der Waals surface area contributed by atoms with Crippen molar-refractivity contribution in [1.82, 2.24) is 4.90 Å². The average Bonchev–Trinajstić information content (AvgIpc) is 2.33. The van der Waals surface area contributed by atoms with Gasteiger partial charge in [-0.05, 0) is 38.6 Å². The first-order valence-electron chi connectivity index (χ1n) is 6.31. The molecule has 1 aromatic carbocycles. The van der Waals surface area contributed by atoms with Crippen LogP contribution < -0.4 is 0 Å². The maximum Gasteiger partial charge on any atom is 0.170 e. The molecule has 0 unspecified atom stereocenters. The number of benzene rings is 1. The zero-order valence-corrected chi connectivity index (χ0v) is 11.4. The van der Waals surface area contributed by atoms with Crippen molar-refractivity contribution in [3.05, 3.63) is 35.6 Å². The summed E-state index contributed by atoms with van der Waals surface area (Å²) in [4.78, 5) is 2.10. The van der Waals surface area contributed by atoms with Crippen molar-refractivity contribution in [3.8, 4) is 0 Å². The van der Waals surface area contributed by atoms with Gasteiger partial charge >= 0.3 is 0 Å². The Morgan fingerprint density at radius 3 is 2.17 bits per heavy atom. The SMILES string of the molecule is CCOC(CN(C)Cc1ccc(F)cc1)OCC. The van der Waals surface area contributed by atoms with Crippen LogP contribution in [0.15, 0.2) is 24.3 Å². The van der Waals surface area contributed by atoms with Crippen molar-refractivity contribution in [1.29, 1.82) is 0 Å². The molecular formula is C14H22FNO2. The van der Waals surface area contributed by atoms with E-state index in [-0.39, 0.29) is 12.1 Å². The van der Waals surface area contributed by atoms with Crippen molar-refractivity contribution in [2.75, 3.05) is 26.8 Å². The lowest BCUT2D eigenvalue weighted by Crippen LogP contribution is -2.32. The molecular weight excluding hydrogens is 233 g/mol. The van der Waals surface area contributed by atoms with Gasteiger partial charge in [-0.2, -0.15) is 0 Å². The third-order valence-corrected chi connectivity index (χ3v) is 2.53. The van der Waals surface area contributed by atoms with E-state index in [9.17, 15) is 4.39 Å². The third-order valence-electron chi connectivity index (χ3n) is 2.53. The van der Waals surface area contributed by atoms with Crippen molar-refractivity contribution in [2.24, 2.45) is 0 Å². The molecule has 0 atom stereocenters. The molecule has 0 saturated carbocycles. The molecule has 0 bridgehead atoms. The van der Waals surface area contributed by atoms with Gasteiger partial charge in [0.15, 0.2) is 6.29 Å². The number of ether oxygens (including phenoxy) is 2. The smallest absolute Gasteiger partial charge is 0.170 e. The maximum atomic E-state index is 12.8. The molecule has 0 fully saturated rings. The van der Waals surface area contributed by atoms with Gasteiger partial charge in [-0.1, -0.05) is 12.1 Å². The van der Waals surface area contributed by atoms with Crippen LogP contribution in [0.25, 0.3) is 0 Å². The van der Waals surface area contributed by atoms with Crippen LogP contribution in [0.2, 0.25) is 0 Å². The van der Waals surface area contributed by atoms with Crippen molar-refractivity contribution >= 4 is 0 Å². The Morgan fingerprint density at radius 1 is 1.11 bits per heavy atom. The van der Waals surface area contributed by atoms with E-state index in [1.165, 1.54) is 12.1 Å². The number of hydrogen-bond acceptors (Lipinski definition) is 3. The Morgan fingerprint density at radius 2 is 1.67 bits per heavy atom. The number of nitrogens with zero attached hydrogens (tertiary/aromatic N) is 1. The van der Waals surface area contributed by atoms with Crippen LogP contribution in [-0.4, -0.2) is 38.0 Å². The van der Waals surface area contributed by atoms with Gasteiger partial charge < -0.3 is 9.47 Å². The molecule has 0 spiro atoms. The first kappa shape index (κ1) is 15.1. The van der Waals surface area contributed by atoms with Crippen molar-refractivity contribution < 1.29 is 13.9 Å². The fourth-order valence-corrected chi connectivity index (χ4v) is 1.75. The Kier molecular flexibility index (Phi) is 6.86. The van der Waals surface area contributed by atoms with Gasteiger partial charge in [0.2, 0.25) is 0 Å². The van der Waals surface area contributed by atoms with Gasteiger partial charge in [0.05, 0.1) is 0 Å². The minimum absolute atomic E-state index is 0.203. The summed E-state index contributed by atoms with van der Waals surface area (Å²) in [5, 5.41) is 0. The Balaban J connectivity index is 2.43. The molecule has 4 heteroatoms. The predicted octanol–water partition coefficient (Wildman–Crippen LogP) is 2.66. The van der Waals surface area contributed by atoms with Gasteiger partial charge in [0, 0.05) is 26.3 Å². The molecule has 0 aliphatic carbocycles. The fourth-order valence-electron chi connectivity index (χ4n) is 1.75. The van der Waals surface area contributed by atoms with Crippen LogP contribution in [0.3, 0.4) is 0 Å². The molecule has 3 nitrogen and oxygen atoms in total. The van der Waals surface area contributed by atoms with Gasteiger partial charge in [-0.15, -0.1) is 0 Å².